The fraction of sp³-hybridized carbons (Fsp3) is 0.800. The highest BCUT2D eigenvalue weighted by molar-refractivity contribution is 7.80. The number of hydrogen-bond acceptors (Lipinski definition) is 2. The first kappa shape index (κ1) is 6.77. The molecular formula is C5H11N3S. The van der Waals surface area contributed by atoms with Gasteiger partial charge in [0.25, 0.3) is 0 Å². The molecule has 0 spiro atoms. The molecule has 2 atom stereocenters. The topological polar surface area (TPSA) is 36.1 Å². The van der Waals surface area contributed by atoms with Gasteiger partial charge in [-0.1, -0.05) is 0 Å². The average Bonchev–Trinajstić information content (AvgIpc) is 1.59. The highest BCUT2D eigenvalue weighted by Crippen LogP contribution is 1.87. The first-order valence-corrected chi connectivity index (χ1v) is 3.42. The van der Waals surface area contributed by atoms with Crippen LogP contribution in [0.15, 0.2) is 0 Å². The average molecular weight is 145 g/mol. The van der Waals surface area contributed by atoms with Crippen molar-refractivity contribution in [2.45, 2.75) is 26.2 Å². The molecule has 1 rings (SSSR count). The van der Waals surface area contributed by atoms with Crippen molar-refractivity contribution < 1.29 is 0 Å². The van der Waals surface area contributed by atoms with Crippen molar-refractivity contribution in [3.8, 4) is 0 Å². The van der Waals surface area contributed by atoms with Crippen LogP contribution in [0.3, 0.4) is 0 Å². The molecule has 1 aliphatic heterocycles. The number of thiocarbonyl (C=S) groups is 1. The van der Waals surface area contributed by atoms with Crippen molar-refractivity contribution in [1.82, 2.24) is 16.0 Å². The Morgan fingerprint density at radius 2 is 1.67 bits per heavy atom. The Morgan fingerprint density at radius 3 is 2.00 bits per heavy atom. The molecule has 0 unspecified atom stereocenters. The van der Waals surface area contributed by atoms with Crippen molar-refractivity contribution in [2.75, 3.05) is 0 Å². The molecule has 1 aliphatic rings. The molecule has 1 heterocycles. The third kappa shape index (κ3) is 1.80. The molecule has 1 saturated heterocycles. The zero-order valence-electron chi connectivity index (χ0n) is 5.56. The predicted molar refractivity (Wildman–Crippen MR) is 40.9 cm³/mol. The Kier molecular flexibility index (Phi) is 1.87. The highest BCUT2D eigenvalue weighted by atomic mass is 32.1. The minimum Gasteiger partial charge on any atom is -0.348 e. The van der Waals surface area contributed by atoms with Crippen molar-refractivity contribution >= 4 is 17.3 Å². The van der Waals surface area contributed by atoms with E-state index in [0.29, 0.717) is 0 Å². The summed E-state index contributed by atoms with van der Waals surface area (Å²) < 4.78 is 0. The maximum absolute atomic E-state index is 4.90. The Balaban J connectivity index is 2.43. The Labute approximate surface area is 60.2 Å². The molecule has 0 bridgehead atoms. The number of nitrogens with one attached hydrogen (secondary N) is 3. The number of hydrogen-bond donors (Lipinski definition) is 3. The molecule has 1 fully saturated rings. The fourth-order valence-electron chi connectivity index (χ4n) is 0.893. The summed E-state index contributed by atoms with van der Waals surface area (Å²) >= 11 is 4.90. The SMILES string of the molecule is C[C@@H]1NC(=S)N[C@H](C)N1. The van der Waals surface area contributed by atoms with Crippen LogP contribution in [-0.2, 0) is 0 Å². The molecule has 0 aromatic carbocycles. The molecule has 52 valence electrons. The third-order valence-corrected chi connectivity index (χ3v) is 1.43. The Morgan fingerprint density at radius 1 is 1.22 bits per heavy atom. The van der Waals surface area contributed by atoms with Crippen LogP contribution in [0.25, 0.3) is 0 Å². The molecule has 0 amide bonds. The zero-order valence-corrected chi connectivity index (χ0v) is 6.38. The monoisotopic (exact) mass is 145 g/mol. The lowest BCUT2D eigenvalue weighted by Gasteiger charge is -2.30. The molecule has 9 heavy (non-hydrogen) atoms. The van der Waals surface area contributed by atoms with Gasteiger partial charge in [0.15, 0.2) is 5.11 Å². The van der Waals surface area contributed by atoms with Gasteiger partial charge >= 0.3 is 0 Å². The van der Waals surface area contributed by atoms with Gasteiger partial charge in [-0.25, -0.2) is 0 Å². The molecule has 0 aromatic heterocycles. The summed E-state index contributed by atoms with van der Waals surface area (Å²) in [6, 6.07) is 0. The second kappa shape index (κ2) is 2.49. The van der Waals surface area contributed by atoms with Gasteiger partial charge in [0.1, 0.15) is 0 Å². The van der Waals surface area contributed by atoms with Crippen LogP contribution in [0.4, 0.5) is 0 Å². The quantitative estimate of drug-likeness (QED) is 0.411. The summed E-state index contributed by atoms with van der Waals surface area (Å²) in [4.78, 5) is 0. The molecule has 0 saturated carbocycles. The van der Waals surface area contributed by atoms with Gasteiger partial charge in [-0.05, 0) is 26.1 Å². The normalized spacial score (nSPS) is 35.1. The smallest absolute Gasteiger partial charge is 0.168 e. The van der Waals surface area contributed by atoms with Gasteiger partial charge in [-0.3, -0.25) is 5.32 Å². The minimum absolute atomic E-state index is 0.286. The minimum atomic E-state index is 0.286. The summed E-state index contributed by atoms with van der Waals surface area (Å²) in [5.41, 5.74) is 0. The van der Waals surface area contributed by atoms with E-state index in [4.69, 9.17) is 12.2 Å². The van der Waals surface area contributed by atoms with Crippen LogP contribution in [0, 0.1) is 0 Å². The first-order chi connectivity index (χ1) is 4.18. The van der Waals surface area contributed by atoms with Crippen molar-refractivity contribution in [3.05, 3.63) is 0 Å². The van der Waals surface area contributed by atoms with Crippen LogP contribution in [-0.4, -0.2) is 17.4 Å². The molecule has 4 heteroatoms. The Bertz CT molecular complexity index is 113. The van der Waals surface area contributed by atoms with Crippen LogP contribution in [0.1, 0.15) is 13.8 Å². The van der Waals surface area contributed by atoms with Gasteiger partial charge in [0, 0.05) is 0 Å². The van der Waals surface area contributed by atoms with E-state index in [0.717, 1.165) is 5.11 Å². The standard InChI is InChI=1S/C5H11N3S/c1-3-6-4(2)8-5(9)7-3/h3-4,6H,1-2H3,(H2,7,8,9)/t3-,4+. The van der Waals surface area contributed by atoms with Gasteiger partial charge in [-0.15, -0.1) is 0 Å². The van der Waals surface area contributed by atoms with E-state index in [1.165, 1.54) is 0 Å². The van der Waals surface area contributed by atoms with Crippen LogP contribution in [0.5, 0.6) is 0 Å². The van der Waals surface area contributed by atoms with Crippen LogP contribution in [0.2, 0.25) is 0 Å². The van der Waals surface area contributed by atoms with E-state index in [9.17, 15) is 0 Å². The third-order valence-electron chi connectivity index (χ3n) is 1.20. The first-order valence-electron chi connectivity index (χ1n) is 3.01. The van der Waals surface area contributed by atoms with E-state index in [-0.39, 0.29) is 12.3 Å². The molecule has 0 aromatic rings. The highest BCUT2D eigenvalue weighted by Gasteiger charge is 2.13. The summed E-state index contributed by atoms with van der Waals surface area (Å²) in [7, 11) is 0. The van der Waals surface area contributed by atoms with Gasteiger partial charge in [0.05, 0.1) is 12.3 Å². The maximum Gasteiger partial charge on any atom is 0.168 e. The molecule has 0 radical (unpaired) electrons. The second-order valence-corrected chi connectivity index (χ2v) is 2.64. The fourth-order valence-corrected chi connectivity index (χ4v) is 1.25. The largest absolute Gasteiger partial charge is 0.348 e. The number of rotatable bonds is 0. The lowest BCUT2D eigenvalue weighted by Crippen LogP contribution is -2.62. The lowest BCUT2D eigenvalue weighted by molar-refractivity contribution is 0.392. The second-order valence-electron chi connectivity index (χ2n) is 2.23. The van der Waals surface area contributed by atoms with Crippen LogP contribution >= 0.6 is 12.2 Å². The van der Waals surface area contributed by atoms with Gasteiger partial charge in [0.2, 0.25) is 0 Å². The van der Waals surface area contributed by atoms with Crippen molar-refractivity contribution in [3.63, 3.8) is 0 Å². The van der Waals surface area contributed by atoms with Crippen molar-refractivity contribution in [1.29, 1.82) is 0 Å². The molecule has 0 aliphatic carbocycles. The van der Waals surface area contributed by atoms with E-state index in [1.807, 2.05) is 13.8 Å². The lowest BCUT2D eigenvalue weighted by atomic mass is 10.4. The molecular weight excluding hydrogens is 134 g/mol. The summed E-state index contributed by atoms with van der Waals surface area (Å²) in [5, 5.41) is 9.97. The van der Waals surface area contributed by atoms with Gasteiger partial charge in [-0.2, -0.15) is 0 Å². The van der Waals surface area contributed by atoms with E-state index in [1.54, 1.807) is 0 Å². The predicted octanol–water partition coefficient (Wildman–Crippen LogP) is -0.254. The molecule has 3 N–H and O–H groups in total. The summed E-state index contributed by atoms with van der Waals surface area (Å²) in [6.45, 7) is 4.06. The summed E-state index contributed by atoms with van der Waals surface area (Å²) in [6.07, 6.45) is 0.572. The van der Waals surface area contributed by atoms with E-state index < -0.39 is 0 Å². The maximum atomic E-state index is 4.90. The summed E-state index contributed by atoms with van der Waals surface area (Å²) in [5.74, 6) is 0. The zero-order chi connectivity index (χ0) is 6.85. The van der Waals surface area contributed by atoms with Crippen LogP contribution < -0.4 is 16.0 Å². The molecule has 3 nitrogen and oxygen atoms in total. The van der Waals surface area contributed by atoms with E-state index in [2.05, 4.69) is 16.0 Å². The Hall–Kier alpha value is -0.350. The van der Waals surface area contributed by atoms with Gasteiger partial charge < -0.3 is 10.6 Å². The van der Waals surface area contributed by atoms with Crippen molar-refractivity contribution in [2.24, 2.45) is 0 Å². The van der Waals surface area contributed by atoms with E-state index >= 15 is 0 Å².